The summed E-state index contributed by atoms with van der Waals surface area (Å²) in [6.07, 6.45) is -0.776. The maximum Gasteiger partial charge on any atom is 0.471 e. The molecule has 10 nitrogen and oxygen atoms in total. The van der Waals surface area contributed by atoms with Gasteiger partial charge < -0.3 is 14.0 Å². The maximum absolute atomic E-state index is 13.2. The van der Waals surface area contributed by atoms with Crippen molar-refractivity contribution in [2.75, 3.05) is 20.5 Å². The fraction of sp³-hybridized carbons (Fsp3) is 0.182. The standard InChI is InChI=1S/C22H18F3N5O5S/c1-33-16-8-9-18(17(10-16)34-2)36(3,32)29-20(31)14-11-26-30(12-14)15-6-4-13(5-7-15)19-27-21(35-28-19)22(23,24)25/h4-12H,1-3H3. The van der Waals surface area contributed by atoms with Crippen LogP contribution in [0.5, 0.6) is 11.5 Å². The Bertz CT molecular complexity index is 1540. The van der Waals surface area contributed by atoms with Crippen LogP contribution in [-0.2, 0) is 15.9 Å². The first-order chi connectivity index (χ1) is 17.0. The average Bonchev–Trinajstić information content (AvgIpc) is 3.54. The van der Waals surface area contributed by atoms with Gasteiger partial charge in [-0.05, 0) is 36.4 Å². The van der Waals surface area contributed by atoms with Gasteiger partial charge in [0.25, 0.3) is 5.91 Å². The Kier molecular flexibility index (Phi) is 6.54. The Labute approximate surface area is 202 Å². The highest BCUT2D eigenvalue weighted by Crippen LogP contribution is 2.31. The molecule has 0 aliphatic heterocycles. The number of amides is 1. The molecule has 0 aliphatic rings. The molecule has 0 spiro atoms. The van der Waals surface area contributed by atoms with Gasteiger partial charge in [0.1, 0.15) is 11.5 Å². The molecule has 0 saturated carbocycles. The van der Waals surface area contributed by atoms with Crippen LogP contribution in [0.1, 0.15) is 16.2 Å². The third kappa shape index (κ3) is 5.07. The van der Waals surface area contributed by atoms with Gasteiger partial charge in [0.15, 0.2) is 0 Å². The molecule has 2 aromatic heterocycles. The molecule has 188 valence electrons. The monoisotopic (exact) mass is 521 g/mol. The zero-order valence-corrected chi connectivity index (χ0v) is 19.8. The van der Waals surface area contributed by atoms with Crippen LogP contribution in [0, 0.1) is 0 Å². The van der Waals surface area contributed by atoms with Crippen molar-refractivity contribution in [2.45, 2.75) is 11.1 Å². The molecule has 1 atom stereocenters. The lowest BCUT2D eigenvalue weighted by Crippen LogP contribution is -2.05. The summed E-state index contributed by atoms with van der Waals surface area (Å²) >= 11 is 0. The Hall–Kier alpha value is -4.20. The van der Waals surface area contributed by atoms with Crippen molar-refractivity contribution >= 4 is 15.6 Å². The summed E-state index contributed by atoms with van der Waals surface area (Å²) in [6.45, 7) is 0. The number of hydrogen-bond donors (Lipinski definition) is 0. The van der Waals surface area contributed by atoms with E-state index in [4.69, 9.17) is 9.47 Å². The molecule has 14 heteroatoms. The molecule has 0 N–H and O–H groups in total. The number of rotatable bonds is 6. The fourth-order valence-corrected chi connectivity index (χ4v) is 4.50. The van der Waals surface area contributed by atoms with E-state index in [0.717, 1.165) is 0 Å². The lowest BCUT2D eigenvalue weighted by Gasteiger charge is -2.11. The predicted octanol–water partition coefficient (Wildman–Crippen LogP) is 4.26. The summed E-state index contributed by atoms with van der Waals surface area (Å²) in [5.41, 5.74) is 0.858. The van der Waals surface area contributed by atoms with Gasteiger partial charge in [-0.2, -0.15) is 27.6 Å². The van der Waals surface area contributed by atoms with Crippen LogP contribution in [0.4, 0.5) is 13.2 Å². The summed E-state index contributed by atoms with van der Waals surface area (Å²) in [4.78, 5) is 16.3. The molecule has 0 radical (unpaired) electrons. The first-order valence-corrected chi connectivity index (χ1v) is 12.0. The van der Waals surface area contributed by atoms with Gasteiger partial charge >= 0.3 is 12.1 Å². The smallest absolute Gasteiger partial charge is 0.471 e. The number of halogens is 3. The Morgan fingerprint density at radius 3 is 2.44 bits per heavy atom. The summed E-state index contributed by atoms with van der Waals surface area (Å²) in [5, 5.41) is 7.44. The molecule has 2 heterocycles. The van der Waals surface area contributed by atoms with Crippen LogP contribution in [0.25, 0.3) is 17.1 Å². The van der Waals surface area contributed by atoms with Gasteiger partial charge in [-0.15, -0.1) is 0 Å². The second-order valence-electron chi connectivity index (χ2n) is 7.36. The molecule has 1 unspecified atom stereocenters. The molecule has 0 aliphatic carbocycles. The van der Waals surface area contributed by atoms with Crippen molar-refractivity contribution in [3.63, 3.8) is 0 Å². The summed E-state index contributed by atoms with van der Waals surface area (Å²) in [5.74, 6) is -1.67. The first kappa shape index (κ1) is 24.9. The minimum atomic E-state index is -4.74. The third-order valence-corrected chi connectivity index (χ3v) is 6.59. The van der Waals surface area contributed by atoms with Gasteiger partial charge in [-0.1, -0.05) is 5.16 Å². The second kappa shape index (κ2) is 9.45. The van der Waals surface area contributed by atoms with Crippen LogP contribution < -0.4 is 9.47 Å². The molecule has 0 bridgehead atoms. The highest BCUT2D eigenvalue weighted by molar-refractivity contribution is 7.93. The van der Waals surface area contributed by atoms with E-state index in [1.807, 2.05) is 0 Å². The molecule has 0 saturated heterocycles. The van der Waals surface area contributed by atoms with E-state index in [9.17, 15) is 22.2 Å². The minimum Gasteiger partial charge on any atom is -0.497 e. The lowest BCUT2D eigenvalue weighted by molar-refractivity contribution is -0.159. The topological polar surface area (TPSA) is 122 Å². The number of nitrogens with zero attached hydrogens (tertiary/aromatic N) is 5. The molecule has 0 fully saturated rings. The van der Waals surface area contributed by atoms with Gasteiger partial charge in [-0.3, -0.25) is 4.79 Å². The number of hydrogen-bond acceptors (Lipinski definition) is 8. The molecule has 2 aromatic carbocycles. The van der Waals surface area contributed by atoms with E-state index in [1.165, 1.54) is 55.7 Å². The molecule has 1 amide bonds. The summed E-state index contributed by atoms with van der Waals surface area (Å²) in [7, 11) is -0.291. The number of carbonyl (C=O) groups excluding carboxylic acids is 1. The highest BCUT2D eigenvalue weighted by atomic mass is 32.2. The fourth-order valence-electron chi connectivity index (χ4n) is 3.14. The van der Waals surface area contributed by atoms with E-state index in [2.05, 4.69) is 24.1 Å². The minimum absolute atomic E-state index is 0.0779. The van der Waals surface area contributed by atoms with Crippen molar-refractivity contribution in [1.29, 1.82) is 0 Å². The van der Waals surface area contributed by atoms with Gasteiger partial charge in [0.2, 0.25) is 5.82 Å². The maximum atomic E-state index is 13.2. The normalized spacial score (nSPS) is 13.2. The number of alkyl halides is 3. The molecule has 4 rings (SSSR count). The van der Waals surface area contributed by atoms with E-state index in [-0.39, 0.29) is 27.6 Å². The van der Waals surface area contributed by atoms with Crippen LogP contribution >= 0.6 is 0 Å². The van der Waals surface area contributed by atoms with Gasteiger partial charge in [-0.25, -0.2) is 8.89 Å². The van der Waals surface area contributed by atoms with E-state index in [1.54, 1.807) is 24.3 Å². The van der Waals surface area contributed by atoms with Crippen LogP contribution in [0.3, 0.4) is 0 Å². The number of aromatic nitrogens is 4. The van der Waals surface area contributed by atoms with Gasteiger partial charge in [0.05, 0.1) is 46.3 Å². The van der Waals surface area contributed by atoms with Crippen LogP contribution in [0.2, 0.25) is 0 Å². The van der Waals surface area contributed by atoms with E-state index < -0.39 is 27.7 Å². The summed E-state index contributed by atoms with van der Waals surface area (Å²) in [6, 6.07) is 10.7. The SMILES string of the molecule is COc1ccc(S(C)(=O)=NC(=O)c2cnn(-c3ccc(-c4noc(C(F)(F)F)n4)cc3)c2)c(OC)c1. The average molecular weight is 521 g/mol. The highest BCUT2D eigenvalue weighted by Gasteiger charge is 2.38. The zero-order chi connectivity index (χ0) is 26.1. The quantitative estimate of drug-likeness (QED) is 0.369. The van der Waals surface area contributed by atoms with Crippen LogP contribution in [0.15, 0.2) is 68.6 Å². The molecule has 4 aromatic rings. The number of carbonyl (C=O) groups is 1. The Morgan fingerprint density at radius 2 is 1.83 bits per heavy atom. The van der Waals surface area contributed by atoms with Crippen molar-refractivity contribution in [3.8, 4) is 28.6 Å². The molecule has 36 heavy (non-hydrogen) atoms. The largest absolute Gasteiger partial charge is 0.497 e. The Morgan fingerprint density at radius 1 is 1.11 bits per heavy atom. The number of ether oxygens (including phenoxy) is 2. The first-order valence-electron chi connectivity index (χ1n) is 10.1. The molecular weight excluding hydrogens is 503 g/mol. The number of benzene rings is 2. The van der Waals surface area contributed by atoms with Crippen molar-refractivity contribution in [1.82, 2.24) is 19.9 Å². The summed E-state index contributed by atoms with van der Waals surface area (Å²) < 4.78 is 71.1. The third-order valence-electron chi connectivity index (χ3n) is 4.92. The van der Waals surface area contributed by atoms with Gasteiger partial charge in [0, 0.05) is 24.1 Å². The predicted molar refractivity (Wildman–Crippen MR) is 120 cm³/mol. The number of methoxy groups -OCH3 is 2. The Balaban J connectivity index is 1.56. The second-order valence-corrected chi connectivity index (χ2v) is 9.58. The van der Waals surface area contributed by atoms with Crippen molar-refractivity contribution in [3.05, 3.63) is 66.3 Å². The lowest BCUT2D eigenvalue weighted by atomic mass is 10.2. The van der Waals surface area contributed by atoms with E-state index in [0.29, 0.717) is 11.4 Å². The van der Waals surface area contributed by atoms with Crippen LogP contribution in [-0.4, -0.2) is 50.5 Å². The van der Waals surface area contributed by atoms with Crippen molar-refractivity contribution < 1.29 is 36.2 Å². The van der Waals surface area contributed by atoms with Crippen molar-refractivity contribution in [2.24, 2.45) is 4.36 Å². The van der Waals surface area contributed by atoms with E-state index >= 15 is 0 Å². The zero-order valence-electron chi connectivity index (χ0n) is 19.0. The molecular formula is C22H18F3N5O5S.